The molecule has 0 bridgehead atoms. The zero-order chi connectivity index (χ0) is 17.5. The Balaban J connectivity index is 1.56. The predicted molar refractivity (Wildman–Crippen MR) is 101 cm³/mol. The van der Waals surface area contributed by atoms with Crippen LogP contribution >= 0.6 is 11.8 Å². The fraction of sp³-hybridized carbons (Fsp3) is 0.100. The molecular weight excluding hydrogens is 332 g/mol. The molecule has 1 unspecified atom stereocenters. The molecule has 0 spiro atoms. The Morgan fingerprint density at radius 1 is 0.960 bits per heavy atom. The van der Waals surface area contributed by atoms with E-state index >= 15 is 0 Å². The van der Waals surface area contributed by atoms with E-state index in [0.29, 0.717) is 0 Å². The summed E-state index contributed by atoms with van der Waals surface area (Å²) in [5, 5.41) is 3.50. The number of para-hydroxylation sites is 1. The first kappa shape index (κ1) is 17.0. The second-order valence-corrected chi connectivity index (χ2v) is 6.72. The summed E-state index contributed by atoms with van der Waals surface area (Å²) < 4.78 is 5.74. The molecule has 4 nitrogen and oxygen atoms in total. The number of benzene rings is 2. The lowest BCUT2D eigenvalue weighted by Gasteiger charge is -2.12. The number of aromatic nitrogens is 1. The quantitative estimate of drug-likeness (QED) is 0.636. The van der Waals surface area contributed by atoms with E-state index in [1.165, 1.54) is 11.8 Å². The topological polar surface area (TPSA) is 51.2 Å². The van der Waals surface area contributed by atoms with Crippen LogP contribution in [-0.2, 0) is 4.79 Å². The van der Waals surface area contributed by atoms with Crippen LogP contribution < -0.4 is 10.1 Å². The van der Waals surface area contributed by atoms with Gasteiger partial charge in [0.05, 0.1) is 10.3 Å². The van der Waals surface area contributed by atoms with Gasteiger partial charge in [0.25, 0.3) is 0 Å². The first-order chi connectivity index (χ1) is 12.2. The maximum Gasteiger partial charge on any atom is 0.237 e. The van der Waals surface area contributed by atoms with Crippen molar-refractivity contribution < 1.29 is 9.53 Å². The zero-order valence-corrected chi connectivity index (χ0v) is 14.6. The Hall–Kier alpha value is -2.79. The van der Waals surface area contributed by atoms with Crippen molar-refractivity contribution in [2.45, 2.75) is 17.2 Å². The summed E-state index contributed by atoms with van der Waals surface area (Å²) in [6.07, 6.45) is 1.72. The minimum atomic E-state index is -0.241. The van der Waals surface area contributed by atoms with Crippen LogP contribution in [0, 0.1) is 0 Å². The van der Waals surface area contributed by atoms with Gasteiger partial charge < -0.3 is 10.1 Å². The third-order valence-corrected chi connectivity index (χ3v) is 4.46. The molecule has 5 heteroatoms. The molecule has 0 saturated heterocycles. The molecule has 0 aliphatic rings. The van der Waals surface area contributed by atoms with Gasteiger partial charge >= 0.3 is 0 Å². The van der Waals surface area contributed by atoms with Crippen LogP contribution in [0.15, 0.2) is 84.0 Å². The number of carbonyl (C=O) groups excluding carboxylic acids is 1. The van der Waals surface area contributed by atoms with Crippen LogP contribution in [0.2, 0.25) is 0 Å². The molecule has 2 aromatic carbocycles. The molecule has 0 radical (unpaired) electrons. The average molecular weight is 350 g/mol. The fourth-order valence-corrected chi connectivity index (χ4v) is 2.93. The normalized spacial score (nSPS) is 11.6. The van der Waals surface area contributed by atoms with E-state index in [2.05, 4.69) is 10.3 Å². The fourth-order valence-electron chi connectivity index (χ4n) is 2.13. The highest BCUT2D eigenvalue weighted by Crippen LogP contribution is 2.24. The van der Waals surface area contributed by atoms with Crippen molar-refractivity contribution in [1.82, 2.24) is 4.98 Å². The van der Waals surface area contributed by atoms with Gasteiger partial charge in [-0.15, -0.1) is 0 Å². The van der Waals surface area contributed by atoms with E-state index in [1.807, 2.05) is 79.7 Å². The standard InChI is InChI=1S/C20H18N2O2S/c1-15(25-19-9-5-6-14-21-19)20(23)22-16-10-12-18(13-11-16)24-17-7-3-2-4-8-17/h2-15H,1H3,(H,22,23). The lowest BCUT2D eigenvalue weighted by Crippen LogP contribution is -2.22. The summed E-state index contributed by atoms with van der Waals surface area (Å²) in [7, 11) is 0. The number of anilines is 1. The van der Waals surface area contributed by atoms with Gasteiger partial charge in [0, 0.05) is 11.9 Å². The summed E-state index contributed by atoms with van der Waals surface area (Å²) >= 11 is 1.43. The van der Waals surface area contributed by atoms with Gasteiger partial charge in [-0.05, 0) is 55.5 Å². The minimum Gasteiger partial charge on any atom is -0.457 e. The van der Waals surface area contributed by atoms with Crippen molar-refractivity contribution in [3.63, 3.8) is 0 Å². The Kier molecular flexibility index (Phi) is 5.69. The lowest BCUT2D eigenvalue weighted by atomic mass is 10.3. The van der Waals surface area contributed by atoms with E-state index in [-0.39, 0.29) is 11.2 Å². The Bertz CT molecular complexity index is 808. The SMILES string of the molecule is CC(Sc1ccccn1)C(=O)Nc1ccc(Oc2ccccc2)cc1. The van der Waals surface area contributed by atoms with Gasteiger partial charge in [0.1, 0.15) is 11.5 Å². The lowest BCUT2D eigenvalue weighted by molar-refractivity contribution is -0.115. The number of nitrogens with zero attached hydrogens (tertiary/aromatic N) is 1. The number of rotatable bonds is 6. The molecule has 126 valence electrons. The van der Waals surface area contributed by atoms with Crippen LogP contribution in [0.3, 0.4) is 0 Å². The Morgan fingerprint density at radius 2 is 1.64 bits per heavy atom. The molecule has 1 atom stereocenters. The highest BCUT2D eigenvalue weighted by molar-refractivity contribution is 8.00. The average Bonchev–Trinajstić information content (AvgIpc) is 2.65. The van der Waals surface area contributed by atoms with Crippen LogP contribution in [-0.4, -0.2) is 16.1 Å². The van der Waals surface area contributed by atoms with Crippen LogP contribution in [0.25, 0.3) is 0 Å². The van der Waals surface area contributed by atoms with E-state index in [0.717, 1.165) is 22.2 Å². The second kappa shape index (κ2) is 8.35. The van der Waals surface area contributed by atoms with E-state index in [1.54, 1.807) is 6.20 Å². The van der Waals surface area contributed by atoms with Crippen LogP contribution in [0.1, 0.15) is 6.92 Å². The van der Waals surface area contributed by atoms with Crippen molar-refractivity contribution in [3.05, 3.63) is 79.0 Å². The maximum atomic E-state index is 12.3. The molecular formula is C20H18N2O2S. The highest BCUT2D eigenvalue weighted by Gasteiger charge is 2.15. The number of nitrogens with one attached hydrogen (secondary N) is 1. The number of carbonyl (C=O) groups is 1. The Morgan fingerprint density at radius 3 is 2.32 bits per heavy atom. The molecule has 3 rings (SSSR count). The van der Waals surface area contributed by atoms with Gasteiger partial charge in [0.15, 0.2) is 0 Å². The van der Waals surface area contributed by atoms with Crippen molar-refractivity contribution in [3.8, 4) is 11.5 Å². The van der Waals surface area contributed by atoms with E-state index in [9.17, 15) is 4.79 Å². The molecule has 1 heterocycles. The molecule has 0 fully saturated rings. The number of pyridine rings is 1. The molecule has 1 N–H and O–H groups in total. The van der Waals surface area contributed by atoms with Gasteiger partial charge in [-0.3, -0.25) is 4.79 Å². The number of hydrogen-bond donors (Lipinski definition) is 1. The monoisotopic (exact) mass is 350 g/mol. The third-order valence-electron chi connectivity index (χ3n) is 3.41. The van der Waals surface area contributed by atoms with Crippen molar-refractivity contribution in [2.24, 2.45) is 0 Å². The second-order valence-electron chi connectivity index (χ2n) is 5.36. The first-order valence-corrected chi connectivity index (χ1v) is 8.80. The van der Waals surface area contributed by atoms with Gasteiger partial charge in [-0.25, -0.2) is 4.98 Å². The summed E-state index contributed by atoms with van der Waals surface area (Å²) in [5.74, 6) is 1.44. The third kappa shape index (κ3) is 5.09. The summed E-state index contributed by atoms with van der Waals surface area (Å²) in [5.41, 5.74) is 0.735. The highest BCUT2D eigenvalue weighted by atomic mass is 32.2. The number of thioether (sulfide) groups is 1. The van der Waals surface area contributed by atoms with E-state index in [4.69, 9.17) is 4.74 Å². The summed E-state index contributed by atoms with van der Waals surface area (Å²) in [6.45, 7) is 1.86. The van der Waals surface area contributed by atoms with E-state index < -0.39 is 0 Å². The smallest absolute Gasteiger partial charge is 0.237 e. The molecule has 0 saturated carbocycles. The number of hydrogen-bond acceptors (Lipinski definition) is 4. The van der Waals surface area contributed by atoms with Crippen molar-refractivity contribution in [2.75, 3.05) is 5.32 Å². The minimum absolute atomic E-state index is 0.0626. The van der Waals surface area contributed by atoms with Crippen LogP contribution in [0.5, 0.6) is 11.5 Å². The summed E-state index contributed by atoms with van der Waals surface area (Å²) in [6, 6.07) is 22.5. The largest absolute Gasteiger partial charge is 0.457 e. The molecule has 0 aliphatic carbocycles. The molecule has 1 aromatic heterocycles. The van der Waals surface area contributed by atoms with Crippen LogP contribution in [0.4, 0.5) is 5.69 Å². The molecule has 1 amide bonds. The number of ether oxygens (including phenoxy) is 1. The zero-order valence-electron chi connectivity index (χ0n) is 13.8. The first-order valence-electron chi connectivity index (χ1n) is 7.92. The van der Waals surface area contributed by atoms with Gasteiger partial charge in [-0.2, -0.15) is 0 Å². The maximum absolute atomic E-state index is 12.3. The van der Waals surface area contributed by atoms with Gasteiger partial charge in [-0.1, -0.05) is 36.0 Å². The predicted octanol–water partition coefficient (Wildman–Crippen LogP) is 4.99. The van der Waals surface area contributed by atoms with Crippen molar-refractivity contribution in [1.29, 1.82) is 0 Å². The molecule has 0 aliphatic heterocycles. The number of amides is 1. The van der Waals surface area contributed by atoms with Gasteiger partial charge in [0.2, 0.25) is 5.91 Å². The molecule has 3 aromatic rings. The Labute approximate surface area is 151 Å². The molecule has 25 heavy (non-hydrogen) atoms. The van der Waals surface area contributed by atoms with Crippen molar-refractivity contribution >= 4 is 23.4 Å². The summed E-state index contributed by atoms with van der Waals surface area (Å²) in [4.78, 5) is 16.5.